The highest BCUT2D eigenvalue weighted by atomic mass is 16.3. The summed E-state index contributed by atoms with van der Waals surface area (Å²) < 4.78 is 0. The number of anilines is 1. The Morgan fingerprint density at radius 2 is 1.95 bits per heavy atom. The maximum Gasteiger partial charge on any atom is 0.129 e. The van der Waals surface area contributed by atoms with E-state index in [9.17, 15) is 5.11 Å². The van der Waals surface area contributed by atoms with Crippen LogP contribution in [0.5, 0.6) is 0 Å². The predicted octanol–water partition coefficient (Wildman–Crippen LogP) is 2.56. The summed E-state index contributed by atoms with van der Waals surface area (Å²) in [6, 6.07) is 7.78. The number of hydrogen-bond acceptors (Lipinski definition) is 4. The Bertz CT molecular complexity index is 514. The second kappa shape index (κ2) is 6.29. The molecule has 4 nitrogen and oxygen atoms in total. The molecule has 0 spiro atoms. The number of aliphatic hydroxyl groups is 1. The average Bonchev–Trinajstić information content (AvgIpc) is 2.46. The molecule has 100 valence electrons. The third-order valence-corrected chi connectivity index (χ3v) is 3.08. The zero-order chi connectivity index (χ0) is 13.7. The molecule has 0 aromatic carbocycles. The lowest BCUT2D eigenvalue weighted by Gasteiger charge is -2.22. The van der Waals surface area contributed by atoms with Crippen LogP contribution in [0.15, 0.2) is 42.9 Å². The highest BCUT2D eigenvalue weighted by molar-refractivity contribution is 5.42. The van der Waals surface area contributed by atoms with E-state index in [2.05, 4.69) is 21.8 Å². The third-order valence-electron chi connectivity index (χ3n) is 3.08. The van der Waals surface area contributed by atoms with Crippen LogP contribution in [0, 0.1) is 0 Å². The molecular formula is C15H19N3O. The lowest BCUT2D eigenvalue weighted by molar-refractivity contribution is 0.199. The van der Waals surface area contributed by atoms with Gasteiger partial charge in [0, 0.05) is 31.7 Å². The molecule has 19 heavy (non-hydrogen) atoms. The molecule has 0 amide bonds. The number of nitrogens with zero attached hydrogens (tertiary/aromatic N) is 3. The van der Waals surface area contributed by atoms with Crippen molar-refractivity contribution in [1.82, 2.24) is 9.97 Å². The summed E-state index contributed by atoms with van der Waals surface area (Å²) in [6.45, 7) is 5.50. The van der Waals surface area contributed by atoms with Crippen LogP contribution in [-0.2, 0) is 6.54 Å². The Morgan fingerprint density at radius 3 is 2.58 bits per heavy atom. The summed E-state index contributed by atoms with van der Waals surface area (Å²) in [7, 11) is 0. The van der Waals surface area contributed by atoms with Crippen LogP contribution in [0.3, 0.4) is 0 Å². The topological polar surface area (TPSA) is 49.2 Å². The van der Waals surface area contributed by atoms with Gasteiger partial charge in [0.15, 0.2) is 0 Å². The Balaban J connectivity index is 2.20. The van der Waals surface area contributed by atoms with Gasteiger partial charge in [0.25, 0.3) is 0 Å². The summed E-state index contributed by atoms with van der Waals surface area (Å²) in [5, 5.41) is 9.64. The van der Waals surface area contributed by atoms with Gasteiger partial charge in [-0.05, 0) is 49.2 Å². The first-order chi connectivity index (χ1) is 9.20. The van der Waals surface area contributed by atoms with Crippen molar-refractivity contribution >= 4 is 5.82 Å². The molecule has 0 bridgehead atoms. The minimum absolute atomic E-state index is 0.471. The molecular weight excluding hydrogens is 238 g/mol. The number of aliphatic hydroxyl groups excluding tert-OH is 1. The first kappa shape index (κ1) is 13.5. The van der Waals surface area contributed by atoms with Gasteiger partial charge in [-0.2, -0.15) is 0 Å². The molecule has 4 heteroatoms. The number of pyridine rings is 2. The van der Waals surface area contributed by atoms with E-state index in [1.165, 1.54) is 5.56 Å². The van der Waals surface area contributed by atoms with Crippen LogP contribution in [0.1, 0.15) is 31.1 Å². The van der Waals surface area contributed by atoms with Crippen molar-refractivity contribution in [3.05, 3.63) is 54.0 Å². The van der Waals surface area contributed by atoms with E-state index >= 15 is 0 Å². The molecule has 2 rings (SSSR count). The number of aromatic nitrogens is 2. The second-order valence-corrected chi connectivity index (χ2v) is 4.49. The van der Waals surface area contributed by atoms with Crippen LogP contribution in [0.4, 0.5) is 5.82 Å². The molecule has 0 aliphatic heterocycles. The van der Waals surface area contributed by atoms with Gasteiger partial charge in [-0.25, -0.2) is 4.98 Å². The van der Waals surface area contributed by atoms with E-state index in [4.69, 9.17) is 0 Å². The van der Waals surface area contributed by atoms with Gasteiger partial charge in [0.1, 0.15) is 5.82 Å². The van der Waals surface area contributed by atoms with E-state index in [0.717, 1.165) is 24.5 Å². The van der Waals surface area contributed by atoms with Crippen molar-refractivity contribution in [3.8, 4) is 0 Å². The number of rotatable bonds is 5. The smallest absolute Gasteiger partial charge is 0.129 e. The first-order valence-electron chi connectivity index (χ1n) is 6.48. The lowest BCUT2D eigenvalue weighted by atomic mass is 10.1. The molecule has 0 radical (unpaired) electrons. The van der Waals surface area contributed by atoms with Crippen LogP contribution in [-0.4, -0.2) is 21.6 Å². The van der Waals surface area contributed by atoms with Crippen LogP contribution < -0.4 is 4.90 Å². The molecule has 2 aromatic rings. The second-order valence-electron chi connectivity index (χ2n) is 4.49. The van der Waals surface area contributed by atoms with Crippen LogP contribution in [0.25, 0.3) is 0 Å². The highest BCUT2D eigenvalue weighted by Gasteiger charge is 2.09. The summed E-state index contributed by atoms with van der Waals surface area (Å²) in [6.07, 6.45) is 4.86. The van der Waals surface area contributed by atoms with Crippen LogP contribution in [0.2, 0.25) is 0 Å². The zero-order valence-corrected chi connectivity index (χ0v) is 11.3. The first-order valence-corrected chi connectivity index (χ1v) is 6.48. The van der Waals surface area contributed by atoms with Gasteiger partial charge in [-0.15, -0.1) is 0 Å². The fourth-order valence-electron chi connectivity index (χ4n) is 1.93. The van der Waals surface area contributed by atoms with Crippen LogP contribution >= 0.6 is 0 Å². The standard InChI is InChI=1S/C15H19N3O/c1-3-18(11-13-4-7-16-8-5-13)15-10-14(12(2)19)6-9-17-15/h4-10,12,19H,3,11H2,1-2H3/t12-/m0/s1. The minimum Gasteiger partial charge on any atom is -0.389 e. The maximum absolute atomic E-state index is 9.64. The zero-order valence-electron chi connectivity index (χ0n) is 11.3. The summed E-state index contributed by atoms with van der Waals surface area (Å²) in [4.78, 5) is 10.6. The quantitative estimate of drug-likeness (QED) is 0.894. The SMILES string of the molecule is CCN(Cc1ccncc1)c1cc([C@H](C)O)ccn1. The Hall–Kier alpha value is -1.94. The van der Waals surface area contributed by atoms with Gasteiger partial charge >= 0.3 is 0 Å². The van der Waals surface area contributed by atoms with Crippen molar-refractivity contribution in [2.75, 3.05) is 11.4 Å². The predicted molar refractivity (Wildman–Crippen MR) is 75.8 cm³/mol. The fourth-order valence-corrected chi connectivity index (χ4v) is 1.93. The lowest BCUT2D eigenvalue weighted by Crippen LogP contribution is -2.23. The molecule has 1 N–H and O–H groups in total. The minimum atomic E-state index is -0.471. The molecule has 2 aromatic heterocycles. The maximum atomic E-state index is 9.64. The van der Waals surface area contributed by atoms with Gasteiger partial charge in [-0.1, -0.05) is 0 Å². The van der Waals surface area contributed by atoms with E-state index in [0.29, 0.717) is 0 Å². The van der Waals surface area contributed by atoms with Gasteiger partial charge < -0.3 is 10.0 Å². The van der Waals surface area contributed by atoms with Crippen molar-refractivity contribution < 1.29 is 5.11 Å². The summed E-state index contributed by atoms with van der Waals surface area (Å²) in [5.74, 6) is 0.887. The van der Waals surface area contributed by atoms with Crippen molar-refractivity contribution in [3.63, 3.8) is 0 Å². The molecule has 0 saturated carbocycles. The fraction of sp³-hybridized carbons (Fsp3) is 0.333. The van der Waals surface area contributed by atoms with Crippen molar-refractivity contribution in [2.45, 2.75) is 26.5 Å². The molecule has 1 atom stereocenters. The number of hydrogen-bond donors (Lipinski definition) is 1. The van der Waals surface area contributed by atoms with E-state index in [1.807, 2.05) is 24.3 Å². The Labute approximate surface area is 113 Å². The summed E-state index contributed by atoms with van der Waals surface area (Å²) >= 11 is 0. The average molecular weight is 257 g/mol. The largest absolute Gasteiger partial charge is 0.389 e. The normalized spacial score (nSPS) is 12.2. The molecule has 0 saturated heterocycles. The highest BCUT2D eigenvalue weighted by Crippen LogP contribution is 2.19. The van der Waals surface area contributed by atoms with Crippen molar-refractivity contribution in [2.24, 2.45) is 0 Å². The summed E-state index contributed by atoms with van der Waals surface area (Å²) in [5.41, 5.74) is 2.08. The van der Waals surface area contributed by atoms with E-state index < -0.39 is 6.10 Å². The molecule has 0 unspecified atom stereocenters. The molecule has 0 fully saturated rings. The van der Waals surface area contributed by atoms with Gasteiger partial charge in [-0.3, -0.25) is 4.98 Å². The van der Waals surface area contributed by atoms with Gasteiger partial charge in [0.2, 0.25) is 0 Å². The van der Waals surface area contributed by atoms with Crippen molar-refractivity contribution in [1.29, 1.82) is 0 Å². The Kier molecular flexibility index (Phi) is 4.47. The molecule has 0 aliphatic carbocycles. The third kappa shape index (κ3) is 3.51. The Morgan fingerprint density at radius 1 is 1.21 bits per heavy atom. The molecule has 0 aliphatic rings. The monoisotopic (exact) mass is 257 g/mol. The van der Waals surface area contributed by atoms with E-state index in [-0.39, 0.29) is 0 Å². The molecule has 2 heterocycles. The van der Waals surface area contributed by atoms with E-state index in [1.54, 1.807) is 25.5 Å². The van der Waals surface area contributed by atoms with Gasteiger partial charge in [0.05, 0.1) is 6.10 Å².